The van der Waals surface area contributed by atoms with Crippen molar-refractivity contribution in [3.05, 3.63) is 34.2 Å². The maximum absolute atomic E-state index is 12.9. The monoisotopic (exact) mass is 371 g/mol. The summed E-state index contributed by atoms with van der Waals surface area (Å²) in [4.78, 5) is 30.6. The average Bonchev–Trinajstić information content (AvgIpc) is 2.95. The fourth-order valence-electron chi connectivity index (χ4n) is 4.21. The number of H-pyrrole nitrogens is 1. The van der Waals surface area contributed by atoms with Crippen LogP contribution in [0.2, 0.25) is 0 Å². The number of hydrogen-bond donors (Lipinski definition) is 2. The van der Waals surface area contributed by atoms with Crippen LogP contribution in [-0.2, 0) is 4.79 Å². The van der Waals surface area contributed by atoms with E-state index in [2.05, 4.69) is 16.4 Å². The summed E-state index contributed by atoms with van der Waals surface area (Å²) in [6, 6.07) is 0. The van der Waals surface area contributed by atoms with Crippen molar-refractivity contribution in [1.29, 1.82) is 0 Å². The van der Waals surface area contributed by atoms with Crippen LogP contribution in [0.1, 0.15) is 72.3 Å². The summed E-state index contributed by atoms with van der Waals surface area (Å²) in [6.07, 6.45) is 9.96. The highest BCUT2D eigenvalue weighted by Gasteiger charge is 2.30. The van der Waals surface area contributed by atoms with E-state index in [1.54, 1.807) is 0 Å². The Morgan fingerprint density at radius 3 is 2.67 bits per heavy atom. The van der Waals surface area contributed by atoms with Gasteiger partial charge in [-0.2, -0.15) is 0 Å². The van der Waals surface area contributed by atoms with Gasteiger partial charge in [-0.3, -0.25) is 9.59 Å². The highest BCUT2D eigenvalue weighted by atomic mass is 16.2. The number of aryl methyl sites for hydroxylation is 1. The number of likely N-dealkylation sites (tertiary alicyclic amines) is 1. The minimum absolute atomic E-state index is 0.0218. The van der Waals surface area contributed by atoms with Gasteiger partial charge in [0.05, 0.1) is 5.92 Å². The number of piperidine rings is 1. The first-order valence-corrected chi connectivity index (χ1v) is 10.4. The Hall–Kier alpha value is -2.04. The molecule has 0 saturated carbocycles. The number of aromatic amines is 1. The Labute approximate surface area is 162 Å². The smallest absolute Gasteiger partial charge is 0.270 e. The van der Waals surface area contributed by atoms with Crippen LogP contribution in [0.5, 0.6) is 0 Å². The van der Waals surface area contributed by atoms with Gasteiger partial charge in [0.2, 0.25) is 5.91 Å². The fourth-order valence-corrected chi connectivity index (χ4v) is 4.21. The summed E-state index contributed by atoms with van der Waals surface area (Å²) in [5.41, 5.74) is 5.36. The molecule has 0 unspecified atom stereocenters. The minimum atomic E-state index is -0.0968. The second-order valence-electron chi connectivity index (χ2n) is 8.11. The van der Waals surface area contributed by atoms with E-state index in [0.29, 0.717) is 18.8 Å². The number of nitrogens with zero attached hydrogens (tertiary/aromatic N) is 1. The molecule has 2 heterocycles. The number of rotatable bonds is 5. The van der Waals surface area contributed by atoms with E-state index < -0.39 is 0 Å². The number of allylic oxidation sites excluding steroid dienone is 1. The molecule has 5 nitrogen and oxygen atoms in total. The standard InChI is InChI=1S/C22H33N3O2/c1-15-16(2)20(24-17(15)3)22(27)25-13-7-10-19(14-25)21(26)23-12-11-18-8-5-4-6-9-18/h8,19,24H,4-7,9-14H2,1-3H3,(H,23,26)/t19-/m1/s1. The van der Waals surface area contributed by atoms with Gasteiger partial charge in [0.15, 0.2) is 0 Å². The Bertz CT molecular complexity index is 732. The molecule has 1 atom stereocenters. The number of aromatic nitrogens is 1. The molecule has 148 valence electrons. The predicted octanol–water partition coefficient (Wildman–Crippen LogP) is 3.80. The molecule has 1 aromatic heterocycles. The minimum Gasteiger partial charge on any atom is -0.355 e. The van der Waals surface area contributed by atoms with Gasteiger partial charge in [-0.25, -0.2) is 0 Å². The molecule has 3 rings (SSSR count). The topological polar surface area (TPSA) is 65.2 Å². The van der Waals surface area contributed by atoms with E-state index in [1.165, 1.54) is 31.3 Å². The molecule has 2 aliphatic rings. The molecule has 0 radical (unpaired) electrons. The van der Waals surface area contributed by atoms with Crippen LogP contribution < -0.4 is 5.32 Å². The van der Waals surface area contributed by atoms with Crippen molar-refractivity contribution in [2.24, 2.45) is 5.92 Å². The largest absolute Gasteiger partial charge is 0.355 e. The fraction of sp³-hybridized carbons (Fsp3) is 0.636. The van der Waals surface area contributed by atoms with E-state index in [9.17, 15) is 9.59 Å². The van der Waals surface area contributed by atoms with Crippen LogP contribution in [0.3, 0.4) is 0 Å². The number of hydrogen-bond acceptors (Lipinski definition) is 2. The van der Waals surface area contributed by atoms with Gasteiger partial charge in [-0.05, 0) is 76.8 Å². The molecule has 2 N–H and O–H groups in total. The van der Waals surface area contributed by atoms with Gasteiger partial charge in [0.1, 0.15) is 5.69 Å². The molecule has 1 fully saturated rings. The highest BCUT2D eigenvalue weighted by Crippen LogP contribution is 2.23. The molecule has 1 saturated heterocycles. The maximum Gasteiger partial charge on any atom is 0.270 e. The van der Waals surface area contributed by atoms with E-state index in [-0.39, 0.29) is 17.7 Å². The predicted molar refractivity (Wildman–Crippen MR) is 108 cm³/mol. The molecule has 1 aliphatic heterocycles. The second-order valence-corrected chi connectivity index (χ2v) is 8.11. The summed E-state index contributed by atoms with van der Waals surface area (Å²) in [7, 11) is 0. The van der Waals surface area contributed by atoms with Crippen LogP contribution in [0.4, 0.5) is 0 Å². The van der Waals surface area contributed by atoms with Crippen molar-refractivity contribution >= 4 is 11.8 Å². The molecule has 1 aliphatic carbocycles. The molecule has 0 aromatic carbocycles. The Balaban J connectivity index is 1.53. The number of amides is 2. The van der Waals surface area contributed by atoms with Crippen molar-refractivity contribution in [3.8, 4) is 0 Å². The normalized spacial score (nSPS) is 20.3. The zero-order valence-corrected chi connectivity index (χ0v) is 17.0. The van der Waals surface area contributed by atoms with Crippen molar-refractivity contribution in [1.82, 2.24) is 15.2 Å². The third kappa shape index (κ3) is 4.63. The molecule has 0 bridgehead atoms. The summed E-state index contributed by atoms with van der Waals surface area (Å²) < 4.78 is 0. The molecule has 2 amide bonds. The van der Waals surface area contributed by atoms with E-state index >= 15 is 0 Å². The van der Waals surface area contributed by atoms with Gasteiger partial charge in [-0.15, -0.1) is 0 Å². The van der Waals surface area contributed by atoms with Crippen molar-refractivity contribution < 1.29 is 9.59 Å². The van der Waals surface area contributed by atoms with Crippen LogP contribution >= 0.6 is 0 Å². The summed E-state index contributed by atoms with van der Waals surface area (Å²) in [6.45, 7) is 7.97. The molecular weight excluding hydrogens is 338 g/mol. The van der Waals surface area contributed by atoms with Gasteiger partial charge in [-0.1, -0.05) is 11.6 Å². The lowest BCUT2D eigenvalue weighted by atomic mass is 9.95. The van der Waals surface area contributed by atoms with Crippen molar-refractivity contribution in [2.45, 2.75) is 65.7 Å². The third-order valence-corrected chi connectivity index (χ3v) is 6.24. The molecule has 1 aromatic rings. The quantitative estimate of drug-likeness (QED) is 0.773. The summed E-state index contributed by atoms with van der Waals surface area (Å²) in [5.74, 6) is 0.0218. The summed E-state index contributed by atoms with van der Waals surface area (Å²) in [5, 5.41) is 3.10. The number of carbonyl (C=O) groups excluding carboxylic acids is 2. The first-order chi connectivity index (χ1) is 13.0. The summed E-state index contributed by atoms with van der Waals surface area (Å²) >= 11 is 0. The third-order valence-electron chi connectivity index (χ3n) is 6.24. The zero-order chi connectivity index (χ0) is 19.4. The van der Waals surface area contributed by atoms with Crippen molar-refractivity contribution in [3.63, 3.8) is 0 Å². The Morgan fingerprint density at radius 2 is 2.00 bits per heavy atom. The SMILES string of the molecule is Cc1[nH]c(C(=O)N2CCC[C@@H](C(=O)NCCC3=CCCCC3)C2)c(C)c1C. The first kappa shape index (κ1) is 19.7. The number of carbonyl (C=O) groups is 2. The Kier molecular flexibility index (Phi) is 6.40. The highest BCUT2D eigenvalue weighted by molar-refractivity contribution is 5.95. The zero-order valence-electron chi connectivity index (χ0n) is 17.0. The maximum atomic E-state index is 12.9. The molecule has 5 heteroatoms. The van der Waals surface area contributed by atoms with Gasteiger partial charge in [0, 0.05) is 25.3 Å². The number of nitrogens with one attached hydrogen (secondary N) is 2. The first-order valence-electron chi connectivity index (χ1n) is 10.4. The second kappa shape index (κ2) is 8.77. The van der Waals surface area contributed by atoms with E-state index in [1.807, 2.05) is 25.7 Å². The van der Waals surface area contributed by atoms with Gasteiger partial charge in [0.25, 0.3) is 5.91 Å². The van der Waals surface area contributed by atoms with Gasteiger partial charge >= 0.3 is 0 Å². The molecule has 0 spiro atoms. The van der Waals surface area contributed by atoms with Crippen LogP contribution in [-0.4, -0.2) is 41.3 Å². The van der Waals surface area contributed by atoms with Crippen LogP contribution in [0, 0.1) is 26.7 Å². The van der Waals surface area contributed by atoms with Crippen molar-refractivity contribution in [2.75, 3.05) is 19.6 Å². The lowest BCUT2D eigenvalue weighted by Gasteiger charge is -2.32. The van der Waals surface area contributed by atoms with Crippen LogP contribution in [0.15, 0.2) is 11.6 Å². The van der Waals surface area contributed by atoms with Gasteiger partial charge < -0.3 is 15.2 Å². The Morgan fingerprint density at radius 1 is 1.19 bits per heavy atom. The average molecular weight is 372 g/mol. The van der Waals surface area contributed by atoms with E-state index in [0.717, 1.165) is 42.6 Å². The van der Waals surface area contributed by atoms with E-state index in [4.69, 9.17) is 0 Å². The molecule has 27 heavy (non-hydrogen) atoms. The lowest BCUT2D eigenvalue weighted by molar-refractivity contribution is -0.126. The lowest BCUT2D eigenvalue weighted by Crippen LogP contribution is -2.45. The molecular formula is C22H33N3O2. The van der Waals surface area contributed by atoms with Crippen LogP contribution in [0.25, 0.3) is 0 Å².